The standard InChI is InChI=1S/C29H31N5O3/c1-4-19-33(29(36)30-23-13-9-6-10-14-23)20-26(35)31-28-27(22-11-7-5-8-12-22)21(2)32-34(28)24-15-17-25(37-3)18-16-24/h5-18H,4,19-20H2,1-3H3,(H,30,36)(H,31,35). The van der Waals surface area contributed by atoms with E-state index >= 15 is 0 Å². The summed E-state index contributed by atoms with van der Waals surface area (Å²) in [6.07, 6.45) is 0.716. The lowest BCUT2D eigenvalue weighted by Gasteiger charge is -2.22. The molecule has 0 fully saturated rings. The third-order valence-corrected chi connectivity index (χ3v) is 5.84. The molecule has 0 saturated heterocycles. The number of ether oxygens (including phenoxy) is 1. The maximum Gasteiger partial charge on any atom is 0.322 e. The van der Waals surface area contributed by atoms with E-state index in [1.165, 1.54) is 4.90 Å². The number of nitrogens with zero attached hydrogens (tertiary/aromatic N) is 3. The number of hydrogen-bond donors (Lipinski definition) is 2. The fraction of sp³-hybridized carbons (Fsp3) is 0.207. The minimum atomic E-state index is -0.327. The molecule has 0 spiro atoms. The number of methoxy groups -OCH3 is 1. The van der Waals surface area contributed by atoms with Crippen LogP contribution in [0.3, 0.4) is 0 Å². The van der Waals surface area contributed by atoms with Crippen molar-refractivity contribution in [2.45, 2.75) is 20.3 Å². The zero-order valence-corrected chi connectivity index (χ0v) is 21.3. The van der Waals surface area contributed by atoms with Gasteiger partial charge in [-0.05, 0) is 55.3 Å². The Morgan fingerprint density at radius 3 is 2.19 bits per heavy atom. The molecule has 4 rings (SSSR count). The van der Waals surface area contributed by atoms with Crippen LogP contribution in [0.15, 0.2) is 84.9 Å². The summed E-state index contributed by atoms with van der Waals surface area (Å²) in [5, 5.41) is 10.6. The molecule has 3 amide bonds. The number of rotatable bonds is 9. The summed E-state index contributed by atoms with van der Waals surface area (Å²) in [7, 11) is 1.61. The van der Waals surface area contributed by atoms with E-state index in [0.717, 1.165) is 28.3 Å². The smallest absolute Gasteiger partial charge is 0.322 e. The Balaban J connectivity index is 1.63. The number of carbonyl (C=O) groups is 2. The lowest BCUT2D eigenvalue weighted by molar-refractivity contribution is -0.116. The van der Waals surface area contributed by atoms with E-state index in [1.54, 1.807) is 11.8 Å². The van der Waals surface area contributed by atoms with E-state index in [2.05, 4.69) is 10.6 Å². The molecule has 0 aliphatic carbocycles. The second kappa shape index (κ2) is 11.9. The molecule has 8 nitrogen and oxygen atoms in total. The second-order valence-corrected chi connectivity index (χ2v) is 8.55. The number of carbonyl (C=O) groups excluding carboxylic acids is 2. The molecule has 1 heterocycles. The average molecular weight is 498 g/mol. The molecule has 3 aromatic carbocycles. The lowest BCUT2D eigenvalue weighted by Crippen LogP contribution is -2.41. The minimum absolute atomic E-state index is 0.104. The summed E-state index contributed by atoms with van der Waals surface area (Å²) < 4.78 is 7.00. The summed E-state index contributed by atoms with van der Waals surface area (Å²) in [5.41, 5.74) is 3.97. The number of urea groups is 1. The highest BCUT2D eigenvalue weighted by Gasteiger charge is 2.22. The number of amides is 3. The van der Waals surface area contributed by atoms with Gasteiger partial charge in [0.1, 0.15) is 18.1 Å². The molecule has 1 aromatic heterocycles. The molecule has 2 N–H and O–H groups in total. The van der Waals surface area contributed by atoms with Crippen LogP contribution in [0.1, 0.15) is 19.0 Å². The molecule has 0 aliphatic heterocycles. The van der Waals surface area contributed by atoms with Gasteiger partial charge in [0.05, 0.1) is 18.5 Å². The van der Waals surface area contributed by atoms with Crippen LogP contribution in [0.2, 0.25) is 0 Å². The van der Waals surface area contributed by atoms with Crippen molar-refractivity contribution in [3.05, 3.63) is 90.6 Å². The molecule has 0 atom stereocenters. The third kappa shape index (κ3) is 6.16. The number of hydrogen-bond acceptors (Lipinski definition) is 4. The molecule has 0 saturated carbocycles. The zero-order valence-electron chi connectivity index (χ0n) is 21.3. The number of anilines is 2. The topological polar surface area (TPSA) is 88.5 Å². The second-order valence-electron chi connectivity index (χ2n) is 8.55. The van der Waals surface area contributed by atoms with Gasteiger partial charge in [-0.15, -0.1) is 0 Å². The molecule has 0 radical (unpaired) electrons. The summed E-state index contributed by atoms with van der Waals surface area (Å²) in [5.74, 6) is 0.948. The summed E-state index contributed by atoms with van der Waals surface area (Å²) in [6.45, 7) is 4.22. The van der Waals surface area contributed by atoms with Gasteiger partial charge >= 0.3 is 6.03 Å². The molecular weight excluding hydrogens is 466 g/mol. The molecule has 4 aromatic rings. The van der Waals surface area contributed by atoms with Gasteiger partial charge in [-0.25, -0.2) is 9.48 Å². The first-order valence-electron chi connectivity index (χ1n) is 12.2. The molecule has 0 aliphatic rings. The highest BCUT2D eigenvalue weighted by molar-refractivity contribution is 5.99. The molecule has 0 bridgehead atoms. The van der Waals surface area contributed by atoms with Crippen LogP contribution in [0.5, 0.6) is 5.75 Å². The van der Waals surface area contributed by atoms with Gasteiger partial charge in [-0.3, -0.25) is 4.79 Å². The predicted molar refractivity (Wildman–Crippen MR) is 146 cm³/mol. The summed E-state index contributed by atoms with van der Waals surface area (Å²) in [4.78, 5) is 27.8. The number of para-hydroxylation sites is 1. The van der Waals surface area contributed by atoms with Gasteiger partial charge in [-0.1, -0.05) is 55.5 Å². The van der Waals surface area contributed by atoms with Crippen molar-refractivity contribution in [1.82, 2.24) is 14.7 Å². The highest BCUT2D eigenvalue weighted by Crippen LogP contribution is 2.33. The van der Waals surface area contributed by atoms with Crippen molar-refractivity contribution >= 4 is 23.4 Å². The summed E-state index contributed by atoms with van der Waals surface area (Å²) in [6, 6.07) is 26.1. The maximum absolute atomic E-state index is 13.3. The van der Waals surface area contributed by atoms with E-state index in [9.17, 15) is 9.59 Å². The first-order valence-corrected chi connectivity index (χ1v) is 12.2. The van der Waals surface area contributed by atoms with E-state index in [4.69, 9.17) is 9.84 Å². The fourth-order valence-corrected chi connectivity index (χ4v) is 4.09. The van der Waals surface area contributed by atoms with Crippen molar-refractivity contribution in [3.63, 3.8) is 0 Å². The number of benzene rings is 3. The van der Waals surface area contributed by atoms with Crippen molar-refractivity contribution in [2.24, 2.45) is 0 Å². The maximum atomic E-state index is 13.3. The van der Waals surface area contributed by atoms with Gasteiger partial charge in [0.2, 0.25) is 5.91 Å². The molecule has 0 unspecified atom stereocenters. The van der Waals surface area contributed by atoms with E-state index in [0.29, 0.717) is 24.5 Å². The Kier molecular flexibility index (Phi) is 8.20. The first kappa shape index (κ1) is 25.5. The Bertz CT molecular complexity index is 1340. The number of aromatic nitrogens is 2. The van der Waals surface area contributed by atoms with Gasteiger partial charge in [0, 0.05) is 17.8 Å². The highest BCUT2D eigenvalue weighted by atomic mass is 16.5. The van der Waals surface area contributed by atoms with Crippen LogP contribution in [-0.4, -0.2) is 46.8 Å². The molecule has 190 valence electrons. The Hall–Kier alpha value is -4.59. The van der Waals surface area contributed by atoms with Crippen LogP contribution in [-0.2, 0) is 4.79 Å². The van der Waals surface area contributed by atoms with Crippen LogP contribution in [0, 0.1) is 6.92 Å². The fourth-order valence-electron chi connectivity index (χ4n) is 4.09. The normalized spacial score (nSPS) is 10.6. The quantitative estimate of drug-likeness (QED) is 0.309. The predicted octanol–water partition coefficient (Wildman–Crippen LogP) is 5.74. The third-order valence-electron chi connectivity index (χ3n) is 5.84. The van der Waals surface area contributed by atoms with Gasteiger partial charge in [0.25, 0.3) is 0 Å². The van der Waals surface area contributed by atoms with E-state index in [-0.39, 0.29) is 18.5 Å². The average Bonchev–Trinajstić information content (AvgIpc) is 3.24. The van der Waals surface area contributed by atoms with Crippen LogP contribution >= 0.6 is 0 Å². The van der Waals surface area contributed by atoms with Gasteiger partial charge < -0.3 is 20.3 Å². The SMILES string of the molecule is CCCN(CC(=O)Nc1c(-c2ccccc2)c(C)nn1-c1ccc(OC)cc1)C(=O)Nc1ccccc1. The monoisotopic (exact) mass is 497 g/mol. The largest absolute Gasteiger partial charge is 0.497 e. The zero-order chi connectivity index (χ0) is 26.2. The number of aryl methyl sites for hydroxylation is 1. The van der Waals surface area contributed by atoms with Crippen molar-refractivity contribution in [1.29, 1.82) is 0 Å². The Morgan fingerprint density at radius 2 is 1.57 bits per heavy atom. The molecule has 8 heteroatoms. The van der Waals surface area contributed by atoms with Gasteiger partial charge in [-0.2, -0.15) is 5.10 Å². The molecular formula is C29H31N5O3. The van der Waals surface area contributed by atoms with Crippen LogP contribution < -0.4 is 15.4 Å². The first-order chi connectivity index (χ1) is 18.0. The Labute approximate surface area is 216 Å². The molecule has 37 heavy (non-hydrogen) atoms. The lowest BCUT2D eigenvalue weighted by atomic mass is 10.1. The van der Waals surface area contributed by atoms with Crippen LogP contribution in [0.25, 0.3) is 16.8 Å². The summed E-state index contributed by atoms with van der Waals surface area (Å²) >= 11 is 0. The van der Waals surface area contributed by atoms with Crippen molar-refractivity contribution < 1.29 is 14.3 Å². The van der Waals surface area contributed by atoms with Gasteiger partial charge in [0.15, 0.2) is 0 Å². The number of nitrogens with one attached hydrogen (secondary N) is 2. The van der Waals surface area contributed by atoms with Crippen molar-refractivity contribution in [2.75, 3.05) is 30.8 Å². The van der Waals surface area contributed by atoms with E-state index in [1.807, 2.05) is 98.8 Å². The minimum Gasteiger partial charge on any atom is -0.497 e. The van der Waals surface area contributed by atoms with E-state index < -0.39 is 0 Å². The van der Waals surface area contributed by atoms with Crippen molar-refractivity contribution in [3.8, 4) is 22.6 Å². The van der Waals surface area contributed by atoms with Crippen LogP contribution in [0.4, 0.5) is 16.3 Å². The Morgan fingerprint density at radius 1 is 0.919 bits per heavy atom.